The minimum atomic E-state index is -0.447. The van der Waals surface area contributed by atoms with E-state index in [9.17, 15) is 9.59 Å². The first-order valence-corrected chi connectivity index (χ1v) is 11.1. The van der Waals surface area contributed by atoms with Crippen molar-refractivity contribution in [3.8, 4) is 5.75 Å². The van der Waals surface area contributed by atoms with E-state index < -0.39 is 5.25 Å². The minimum absolute atomic E-state index is 0.0220. The Bertz CT molecular complexity index is 953. The number of anilines is 1. The van der Waals surface area contributed by atoms with E-state index in [0.29, 0.717) is 11.8 Å². The first-order chi connectivity index (χ1) is 14.5. The summed E-state index contributed by atoms with van der Waals surface area (Å²) in [5.74, 6) is 0.607. The summed E-state index contributed by atoms with van der Waals surface area (Å²) < 4.78 is 5.47. The number of carbonyl (C=O) groups excluding carboxylic acids is 2. The number of carbonyl (C=O) groups is 2. The Hall–Kier alpha value is -2.80. The Labute approximate surface area is 180 Å². The summed E-state index contributed by atoms with van der Waals surface area (Å²) >= 11 is 1.38. The van der Waals surface area contributed by atoms with E-state index in [4.69, 9.17) is 9.73 Å². The number of thioether (sulfide) groups is 1. The van der Waals surface area contributed by atoms with Crippen LogP contribution in [-0.2, 0) is 9.59 Å². The molecule has 2 aliphatic rings. The molecule has 0 unspecified atom stereocenters. The normalized spacial score (nSPS) is 19.9. The van der Waals surface area contributed by atoms with Crippen LogP contribution in [0.3, 0.4) is 0 Å². The summed E-state index contributed by atoms with van der Waals surface area (Å²) in [7, 11) is 0. The zero-order valence-corrected chi connectivity index (χ0v) is 17.9. The molecular weight excluding hydrogens is 398 g/mol. The number of nitrogens with zero attached hydrogens (tertiary/aromatic N) is 2. The lowest BCUT2D eigenvalue weighted by Crippen LogP contribution is -2.35. The molecule has 2 fully saturated rings. The van der Waals surface area contributed by atoms with E-state index in [1.165, 1.54) is 11.8 Å². The van der Waals surface area contributed by atoms with Gasteiger partial charge in [0.25, 0.3) is 0 Å². The number of amidine groups is 1. The van der Waals surface area contributed by atoms with Crippen molar-refractivity contribution in [1.82, 2.24) is 4.90 Å². The maximum Gasteiger partial charge on any atom is 0.242 e. The highest BCUT2D eigenvalue weighted by atomic mass is 32.2. The Balaban J connectivity index is 1.45. The standard InChI is InChI=1S/C23H25N3O3S/c1-3-29-19-12-8-17(9-13-19)25-23-26(18-10-11-18)22(28)20(30-23)14-21(27)24-16-6-4-15(2)5-7-16/h4-9,12-13,18,20H,3,10-11,14H2,1-2H3,(H,24,27)/t20-/m1/s1. The molecule has 7 heteroatoms. The van der Waals surface area contributed by atoms with Gasteiger partial charge in [-0.25, -0.2) is 4.99 Å². The summed E-state index contributed by atoms with van der Waals surface area (Å²) in [6.45, 7) is 4.55. The molecular formula is C23H25N3O3S. The van der Waals surface area contributed by atoms with Crippen molar-refractivity contribution >= 4 is 40.1 Å². The number of hydrogen-bond acceptors (Lipinski definition) is 5. The molecule has 30 heavy (non-hydrogen) atoms. The van der Waals surface area contributed by atoms with Crippen molar-refractivity contribution in [3.63, 3.8) is 0 Å². The number of benzene rings is 2. The van der Waals surface area contributed by atoms with Gasteiger partial charge in [-0.1, -0.05) is 29.5 Å². The minimum Gasteiger partial charge on any atom is -0.494 e. The van der Waals surface area contributed by atoms with Gasteiger partial charge in [-0.05, 0) is 63.1 Å². The molecule has 2 aromatic rings. The van der Waals surface area contributed by atoms with Crippen molar-refractivity contribution in [1.29, 1.82) is 0 Å². The van der Waals surface area contributed by atoms with Gasteiger partial charge in [0.1, 0.15) is 11.0 Å². The third-order valence-corrected chi connectivity index (χ3v) is 6.11. The average Bonchev–Trinajstić information content (AvgIpc) is 3.51. The molecule has 156 valence electrons. The highest BCUT2D eigenvalue weighted by Crippen LogP contribution is 2.39. The predicted octanol–water partition coefficient (Wildman–Crippen LogP) is 4.52. The maximum absolute atomic E-state index is 13.0. The molecule has 0 aromatic heterocycles. The molecule has 2 amide bonds. The van der Waals surface area contributed by atoms with Gasteiger partial charge >= 0.3 is 0 Å². The lowest BCUT2D eigenvalue weighted by molar-refractivity contribution is -0.128. The van der Waals surface area contributed by atoms with E-state index in [2.05, 4.69) is 5.32 Å². The van der Waals surface area contributed by atoms with Crippen LogP contribution in [0.25, 0.3) is 0 Å². The zero-order chi connectivity index (χ0) is 21.1. The molecule has 0 bridgehead atoms. The van der Waals surface area contributed by atoms with Crippen LogP contribution in [0, 0.1) is 6.92 Å². The van der Waals surface area contributed by atoms with Gasteiger partial charge in [0.05, 0.1) is 12.3 Å². The van der Waals surface area contributed by atoms with Gasteiger partial charge in [0, 0.05) is 18.2 Å². The van der Waals surface area contributed by atoms with Gasteiger partial charge in [0.15, 0.2) is 5.17 Å². The van der Waals surface area contributed by atoms with Crippen molar-refractivity contribution in [3.05, 3.63) is 54.1 Å². The number of aryl methyl sites for hydroxylation is 1. The second-order valence-corrected chi connectivity index (χ2v) is 8.66. The highest BCUT2D eigenvalue weighted by molar-refractivity contribution is 8.15. The van der Waals surface area contributed by atoms with Crippen molar-refractivity contribution in [2.75, 3.05) is 11.9 Å². The van der Waals surface area contributed by atoms with Crippen molar-refractivity contribution in [2.45, 2.75) is 44.4 Å². The number of nitrogens with one attached hydrogen (secondary N) is 1. The zero-order valence-electron chi connectivity index (χ0n) is 17.1. The van der Waals surface area contributed by atoms with Crippen LogP contribution in [0.4, 0.5) is 11.4 Å². The van der Waals surface area contributed by atoms with E-state index in [0.717, 1.165) is 35.5 Å². The molecule has 1 aliphatic carbocycles. The Morgan fingerprint density at radius 1 is 1.17 bits per heavy atom. The third kappa shape index (κ3) is 4.84. The van der Waals surface area contributed by atoms with Crippen LogP contribution in [0.2, 0.25) is 0 Å². The maximum atomic E-state index is 13.0. The lowest BCUT2D eigenvalue weighted by Gasteiger charge is -2.15. The Morgan fingerprint density at radius 2 is 1.87 bits per heavy atom. The largest absolute Gasteiger partial charge is 0.494 e. The molecule has 1 heterocycles. The molecule has 1 N–H and O–H groups in total. The smallest absolute Gasteiger partial charge is 0.242 e. The van der Waals surface area contributed by atoms with E-state index >= 15 is 0 Å². The molecule has 6 nitrogen and oxygen atoms in total. The van der Waals surface area contributed by atoms with Crippen LogP contribution >= 0.6 is 11.8 Å². The molecule has 1 saturated carbocycles. The lowest BCUT2D eigenvalue weighted by atomic mass is 10.2. The van der Waals surface area contributed by atoms with Gasteiger partial charge in [0.2, 0.25) is 11.8 Å². The van der Waals surface area contributed by atoms with Gasteiger partial charge in [-0.15, -0.1) is 0 Å². The molecule has 1 aliphatic heterocycles. The summed E-state index contributed by atoms with van der Waals surface area (Å²) in [5, 5.41) is 3.12. The van der Waals surface area contributed by atoms with Crippen molar-refractivity contribution < 1.29 is 14.3 Å². The SMILES string of the molecule is CCOc1ccc(N=C2S[C@H](CC(=O)Nc3ccc(C)cc3)C(=O)N2C2CC2)cc1. The third-order valence-electron chi connectivity index (χ3n) is 4.96. The number of aliphatic imine (C=N–C) groups is 1. The molecule has 2 aromatic carbocycles. The van der Waals surface area contributed by atoms with Crippen LogP contribution < -0.4 is 10.1 Å². The molecule has 0 spiro atoms. The van der Waals surface area contributed by atoms with E-state index in [-0.39, 0.29) is 24.3 Å². The fourth-order valence-electron chi connectivity index (χ4n) is 3.27. The molecule has 0 radical (unpaired) electrons. The summed E-state index contributed by atoms with van der Waals surface area (Å²) in [6.07, 6.45) is 2.09. The van der Waals surface area contributed by atoms with Crippen molar-refractivity contribution in [2.24, 2.45) is 4.99 Å². The number of amides is 2. The number of ether oxygens (including phenoxy) is 1. The monoisotopic (exact) mass is 423 g/mol. The quantitative estimate of drug-likeness (QED) is 0.711. The number of hydrogen-bond donors (Lipinski definition) is 1. The highest BCUT2D eigenvalue weighted by Gasteiger charge is 2.46. The molecule has 1 atom stereocenters. The van der Waals surface area contributed by atoms with E-state index in [1.807, 2.05) is 62.4 Å². The van der Waals surface area contributed by atoms with Gasteiger partial charge in [-0.2, -0.15) is 0 Å². The fourth-order valence-corrected chi connectivity index (χ4v) is 4.49. The first kappa shape index (κ1) is 20.5. The van der Waals surface area contributed by atoms with Gasteiger partial charge < -0.3 is 10.1 Å². The Morgan fingerprint density at radius 3 is 2.50 bits per heavy atom. The van der Waals surface area contributed by atoms with Crippen LogP contribution in [0.5, 0.6) is 5.75 Å². The van der Waals surface area contributed by atoms with Gasteiger partial charge in [-0.3, -0.25) is 14.5 Å². The Kier molecular flexibility index (Phi) is 6.08. The summed E-state index contributed by atoms with van der Waals surface area (Å²) in [5.41, 5.74) is 2.64. The van der Waals surface area contributed by atoms with E-state index in [1.54, 1.807) is 4.90 Å². The average molecular weight is 424 g/mol. The molecule has 1 saturated heterocycles. The predicted molar refractivity (Wildman–Crippen MR) is 120 cm³/mol. The molecule has 4 rings (SSSR count). The first-order valence-electron chi connectivity index (χ1n) is 10.2. The summed E-state index contributed by atoms with van der Waals surface area (Å²) in [4.78, 5) is 32.0. The summed E-state index contributed by atoms with van der Waals surface area (Å²) in [6, 6.07) is 15.3. The second-order valence-electron chi connectivity index (χ2n) is 7.49. The van der Waals surface area contributed by atoms with Crippen LogP contribution in [-0.4, -0.2) is 39.8 Å². The second kappa shape index (κ2) is 8.92. The van der Waals surface area contributed by atoms with Crippen LogP contribution in [0.15, 0.2) is 53.5 Å². The topological polar surface area (TPSA) is 71.0 Å². The number of rotatable bonds is 7. The van der Waals surface area contributed by atoms with Crippen LogP contribution in [0.1, 0.15) is 31.7 Å². The fraction of sp³-hybridized carbons (Fsp3) is 0.348.